The van der Waals surface area contributed by atoms with Crippen LogP contribution in [0.15, 0.2) is 28.7 Å². The maximum atomic E-state index is 12.8. The lowest BCUT2D eigenvalue weighted by Gasteiger charge is -2.34. The molecule has 126 valence electrons. The van der Waals surface area contributed by atoms with Crippen molar-refractivity contribution >= 4 is 27.8 Å². The molecule has 1 aromatic rings. The molecule has 1 aliphatic rings. The van der Waals surface area contributed by atoms with Crippen molar-refractivity contribution in [1.82, 2.24) is 4.90 Å². The second kappa shape index (κ2) is 7.81. The fraction of sp³-hybridized carbons (Fsp3) is 0.529. The van der Waals surface area contributed by atoms with Gasteiger partial charge in [0.15, 0.2) is 6.10 Å². The minimum atomic E-state index is -0.776. The summed E-state index contributed by atoms with van der Waals surface area (Å²) >= 11 is 3.43. The van der Waals surface area contributed by atoms with Gasteiger partial charge in [-0.05, 0) is 46.8 Å². The molecule has 0 aliphatic carbocycles. The first-order valence-corrected chi connectivity index (χ1v) is 8.62. The Morgan fingerprint density at radius 3 is 2.39 bits per heavy atom. The number of aliphatic carboxylic acids is 1. The van der Waals surface area contributed by atoms with E-state index in [1.807, 2.05) is 38.1 Å². The first-order chi connectivity index (χ1) is 10.9. The minimum absolute atomic E-state index is 0.0202. The van der Waals surface area contributed by atoms with Gasteiger partial charge in [0, 0.05) is 13.1 Å². The van der Waals surface area contributed by atoms with E-state index in [9.17, 15) is 9.59 Å². The molecule has 1 saturated heterocycles. The summed E-state index contributed by atoms with van der Waals surface area (Å²) in [6.07, 6.45) is 0.428. The number of hydrogen-bond acceptors (Lipinski definition) is 3. The molecule has 1 unspecified atom stereocenters. The third kappa shape index (κ3) is 4.47. The normalized spacial score (nSPS) is 17.1. The summed E-state index contributed by atoms with van der Waals surface area (Å²) in [5.41, 5.74) is 0. The lowest BCUT2D eigenvalue weighted by molar-refractivity contribution is -0.148. The number of para-hydroxylation sites is 1. The smallest absolute Gasteiger partial charge is 0.306 e. The fourth-order valence-corrected chi connectivity index (χ4v) is 3.05. The zero-order valence-electron chi connectivity index (χ0n) is 13.4. The van der Waals surface area contributed by atoms with Crippen LogP contribution in [0.2, 0.25) is 0 Å². The number of nitrogens with zero attached hydrogens (tertiary/aromatic N) is 1. The Morgan fingerprint density at radius 1 is 1.26 bits per heavy atom. The van der Waals surface area contributed by atoms with Crippen LogP contribution in [-0.2, 0) is 9.59 Å². The van der Waals surface area contributed by atoms with Gasteiger partial charge >= 0.3 is 5.97 Å². The number of carboxylic acid groups (broad SMARTS) is 1. The molecule has 6 heteroatoms. The molecule has 1 N–H and O–H groups in total. The second-order valence-corrected chi connectivity index (χ2v) is 7.01. The second-order valence-electron chi connectivity index (χ2n) is 6.15. The molecule has 0 aromatic heterocycles. The Balaban J connectivity index is 2.05. The number of likely N-dealkylation sites (tertiary alicyclic amines) is 1. The van der Waals surface area contributed by atoms with Crippen LogP contribution in [0.3, 0.4) is 0 Å². The van der Waals surface area contributed by atoms with Crippen LogP contribution >= 0.6 is 15.9 Å². The molecular formula is C17H22BrNO4. The molecule has 1 fully saturated rings. The number of benzene rings is 1. The van der Waals surface area contributed by atoms with Crippen molar-refractivity contribution in [2.24, 2.45) is 11.8 Å². The van der Waals surface area contributed by atoms with E-state index in [0.717, 1.165) is 4.47 Å². The Morgan fingerprint density at radius 2 is 1.87 bits per heavy atom. The summed E-state index contributed by atoms with van der Waals surface area (Å²) in [7, 11) is 0. The third-order valence-corrected chi connectivity index (χ3v) is 4.75. The molecule has 5 nitrogen and oxygen atoms in total. The monoisotopic (exact) mass is 383 g/mol. The first kappa shape index (κ1) is 17.8. The molecule has 1 aromatic carbocycles. The van der Waals surface area contributed by atoms with Crippen molar-refractivity contribution in [2.45, 2.75) is 32.8 Å². The molecule has 23 heavy (non-hydrogen) atoms. The Bertz CT molecular complexity index is 567. The quantitative estimate of drug-likeness (QED) is 0.847. The molecule has 1 atom stereocenters. The lowest BCUT2D eigenvalue weighted by Crippen LogP contribution is -2.48. The van der Waals surface area contributed by atoms with Crippen LogP contribution in [0.4, 0.5) is 0 Å². The molecule has 0 bridgehead atoms. The van der Waals surface area contributed by atoms with Gasteiger partial charge in [-0.3, -0.25) is 9.59 Å². The Hall–Kier alpha value is -1.56. The summed E-state index contributed by atoms with van der Waals surface area (Å²) in [5, 5.41) is 9.05. The van der Waals surface area contributed by atoms with E-state index < -0.39 is 12.1 Å². The van der Waals surface area contributed by atoms with E-state index in [4.69, 9.17) is 9.84 Å². The van der Waals surface area contributed by atoms with Crippen LogP contribution < -0.4 is 4.74 Å². The van der Waals surface area contributed by atoms with Gasteiger partial charge in [0.25, 0.3) is 5.91 Å². The van der Waals surface area contributed by atoms with Crippen LogP contribution in [0, 0.1) is 11.8 Å². The topological polar surface area (TPSA) is 66.8 Å². The van der Waals surface area contributed by atoms with E-state index in [-0.39, 0.29) is 17.7 Å². The minimum Gasteiger partial charge on any atom is -0.481 e. The first-order valence-electron chi connectivity index (χ1n) is 7.83. The molecule has 1 heterocycles. The standard InChI is InChI=1S/C17H22BrNO4/c1-11(2)15(23-14-6-4-3-5-13(14)18)16(20)19-9-7-12(8-10-19)17(21)22/h3-6,11-12,15H,7-10H2,1-2H3,(H,21,22). The number of carbonyl (C=O) groups excluding carboxylic acids is 1. The highest BCUT2D eigenvalue weighted by Crippen LogP contribution is 2.27. The number of halogens is 1. The Kier molecular flexibility index (Phi) is 6.04. The average Bonchev–Trinajstić information content (AvgIpc) is 2.53. The van der Waals surface area contributed by atoms with Crippen LogP contribution in [0.25, 0.3) is 0 Å². The maximum absolute atomic E-state index is 12.8. The predicted molar refractivity (Wildman–Crippen MR) is 90.3 cm³/mol. The van der Waals surface area contributed by atoms with Crippen molar-refractivity contribution in [1.29, 1.82) is 0 Å². The van der Waals surface area contributed by atoms with Crippen molar-refractivity contribution in [3.05, 3.63) is 28.7 Å². The van der Waals surface area contributed by atoms with E-state index in [2.05, 4.69) is 15.9 Å². The largest absolute Gasteiger partial charge is 0.481 e. The van der Waals surface area contributed by atoms with Gasteiger partial charge in [0.1, 0.15) is 5.75 Å². The highest BCUT2D eigenvalue weighted by Gasteiger charge is 2.33. The number of rotatable bonds is 5. The van der Waals surface area contributed by atoms with Crippen molar-refractivity contribution in [2.75, 3.05) is 13.1 Å². The van der Waals surface area contributed by atoms with Crippen LogP contribution in [0.5, 0.6) is 5.75 Å². The number of carboxylic acids is 1. The molecular weight excluding hydrogens is 362 g/mol. The van der Waals surface area contributed by atoms with Crippen LogP contribution in [-0.4, -0.2) is 41.1 Å². The molecule has 2 rings (SSSR count). The average molecular weight is 384 g/mol. The number of carbonyl (C=O) groups is 2. The van der Waals surface area contributed by atoms with E-state index in [1.54, 1.807) is 4.90 Å². The van der Waals surface area contributed by atoms with Crippen molar-refractivity contribution in [3.63, 3.8) is 0 Å². The van der Waals surface area contributed by atoms with Gasteiger partial charge in [-0.25, -0.2) is 0 Å². The molecule has 0 spiro atoms. The maximum Gasteiger partial charge on any atom is 0.306 e. The van der Waals surface area contributed by atoms with Gasteiger partial charge in [-0.1, -0.05) is 26.0 Å². The van der Waals surface area contributed by atoms with Gasteiger partial charge < -0.3 is 14.7 Å². The zero-order chi connectivity index (χ0) is 17.0. The van der Waals surface area contributed by atoms with E-state index in [0.29, 0.717) is 31.7 Å². The predicted octanol–water partition coefficient (Wildman–Crippen LogP) is 3.18. The SMILES string of the molecule is CC(C)C(Oc1ccccc1Br)C(=O)N1CCC(C(=O)O)CC1. The van der Waals surface area contributed by atoms with E-state index in [1.165, 1.54) is 0 Å². The number of amides is 1. The molecule has 0 radical (unpaired) electrons. The third-order valence-electron chi connectivity index (χ3n) is 4.10. The summed E-state index contributed by atoms with van der Waals surface area (Å²) < 4.78 is 6.75. The lowest BCUT2D eigenvalue weighted by atomic mass is 9.96. The zero-order valence-corrected chi connectivity index (χ0v) is 15.0. The van der Waals surface area contributed by atoms with Crippen molar-refractivity contribution < 1.29 is 19.4 Å². The highest BCUT2D eigenvalue weighted by molar-refractivity contribution is 9.10. The van der Waals surface area contributed by atoms with Crippen molar-refractivity contribution in [3.8, 4) is 5.75 Å². The summed E-state index contributed by atoms with van der Waals surface area (Å²) in [6.45, 7) is 4.84. The molecule has 1 aliphatic heterocycles. The van der Waals surface area contributed by atoms with E-state index >= 15 is 0 Å². The number of ether oxygens (including phenoxy) is 1. The highest BCUT2D eigenvalue weighted by atomic mass is 79.9. The summed E-state index contributed by atoms with van der Waals surface area (Å²) in [5.74, 6) is -0.533. The molecule has 0 saturated carbocycles. The fourth-order valence-electron chi connectivity index (χ4n) is 2.68. The van der Waals surface area contributed by atoms with Gasteiger partial charge in [0.05, 0.1) is 10.4 Å². The summed E-state index contributed by atoms with van der Waals surface area (Å²) in [4.78, 5) is 25.5. The van der Waals surface area contributed by atoms with Gasteiger partial charge in [0.2, 0.25) is 0 Å². The van der Waals surface area contributed by atoms with Gasteiger partial charge in [-0.2, -0.15) is 0 Å². The molecule has 1 amide bonds. The number of piperidine rings is 1. The van der Waals surface area contributed by atoms with Crippen LogP contribution in [0.1, 0.15) is 26.7 Å². The summed E-state index contributed by atoms with van der Waals surface area (Å²) in [6, 6.07) is 7.44. The Labute approximate surface area is 144 Å². The van der Waals surface area contributed by atoms with Gasteiger partial charge in [-0.15, -0.1) is 0 Å². The number of hydrogen-bond donors (Lipinski definition) is 1.